The lowest BCUT2D eigenvalue weighted by molar-refractivity contribution is -0.220. The van der Waals surface area contributed by atoms with Gasteiger partial charge in [-0.15, -0.1) is 27.9 Å². The van der Waals surface area contributed by atoms with Crippen molar-refractivity contribution in [2.45, 2.75) is 25.1 Å². The van der Waals surface area contributed by atoms with E-state index >= 15 is 0 Å². The Morgan fingerprint density at radius 1 is 1.44 bits per heavy atom. The number of hydrogen-bond acceptors (Lipinski definition) is 4. The van der Waals surface area contributed by atoms with Crippen LogP contribution in [0, 0.1) is 11.3 Å². The van der Waals surface area contributed by atoms with E-state index in [-0.39, 0.29) is 24.5 Å². The highest BCUT2D eigenvalue weighted by Crippen LogP contribution is 2.69. The van der Waals surface area contributed by atoms with Gasteiger partial charge in [0.05, 0.1) is 13.2 Å². The monoisotopic (exact) mass is 292 g/mol. The lowest BCUT2D eigenvalue weighted by Gasteiger charge is -2.10. The van der Waals surface area contributed by atoms with Crippen LogP contribution in [0.2, 0.25) is 0 Å². The third-order valence-electron chi connectivity index (χ3n) is 2.75. The van der Waals surface area contributed by atoms with Crippen molar-refractivity contribution in [3.8, 4) is 0 Å². The van der Waals surface area contributed by atoms with Gasteiger partial charge in [0, 0.05) is 11.3 Å². The highest BCUT2D eigenvalue weighted by Gasteiger charge is 2.70. The van der Waals surface area contributed by atoms with Crippen molar-refractivity contribution in [2.24, 2.45) is 11.3 Å². The fraction of sp³-hybridized carbons (Fsp3) is 1.00. The average molecular weight is 293 g/mol. The lowest BCUT2D eigenvalue weighted by Crippen LogP contribution is -2.03. The van der Waals surface area contributed by atoms with Gasteiger partial charge in [0.25, 0.3) is 0 Å². The summed E-state index contributed by atoms with van der Waals surface area (Å²) in [5.41, 5.74) is -0.346. The summed E-state index contributed by atoms with van der Waals surface area (Å²) in [7, 11) is -4.18. The summed E-state index contributed by atoms with van der Waals surface area (Å²) in [6, 6.07) is 0. The van der Waals surface area contributed by atoms with Crippen LogP contribution in [0.3, 0.4) is 0 Å². The van der Waals surface area contributed by atoms with E-state index in [2.05, 4.69) is 9.56 Å². The smallest absolute Gasteiger partial charge is 0.301 e. The maximum atomic E-state index is 11.2. The summed E-state index contributed by atoms with van der Waals surface area (Å²) in [5.74, 6) is -0.214. The zero-order valence-electron chi connectivity index (χ0n) is 9.27. The molecule has 1 saturated carbocycles. The van der Waals surface area contributed by atoms with Gasteiger partial charge in [-0.1, -0.05) is 13.8 Å². The highest BCUT2D eigenvalue weighted by atomic mass is 35.5. The van der Waals surface area contributed by atoms with E-state index in [1.165, 1.54) is 0 Å². The number of alkyl halides is 2. The molecule has 1 aliphatic carbocycles. The van der Waals surface area contributed by atoms with Crippen molar-refractivity contribution in [2.75, 3.05) is 13.2 Å². The van der Waals surface area contributed by atoms with E-state index in [0.29, 0.717) is 0 Å². The summed E-state index contributed by atoms with van der Waals surface area (Å²) in [5, 5.41) is 0. The Balaban J connectivity index is 2.39. The number of phosphoric ester groups is 1. The van der Waals surface area contributed by atoms with Gasteiger partial charge in [-0.25, -0.2) is 9.45 Å². The Morgan fingerprint density at radius 2 is 1.94 bits per heavy atom. The van der Waals surface area contributed by atoms with Crippen molar-refractivity contribution < 1.29 is 23.5 Å². The summed E-state index contributed by atoms with van der Waals surface area (Å²) in [4.78, 5) is 13.5. The molecule has 96 valence electrons. The van der Waals surface area contributed by atoms with E-state index < -0.39 is 12.2 Å². The highest BCUT2D eigenvalue weighted by molar-refractivity contribution is 7.47. The molecule has 0 aliphatic heterocycles. The minimum Gasteiger partial charge on any atom is -0.301 e. The molecule has 0 aromatic rings. The van der Waals surface area contributed by atoms with Crippen LogP contribution in [0.4, 0.5) is 0 Å². The largest absolute Gasteiger partial charge is 0.499 e. The molecule has 0 radical (unpaired) electrons. The number of halogens is 2. The first kappa shape index (κ1) is 14.7. The molecule has 1 N–H and O–H groups in total. The van der Waals surface area contributed by atoms with Gasteiger partial charge in [-0.3, -0.25) is 4.52 Å². The Labute approximate surface area is 105 Å². The summed E-state index contributed by atoms with van der Waals surface area (Å²) >= 11 is 11.9. The van der Waals surface area contributed by atoms with E-state index in [4.69, 9.17) is 32.6 Å². The molecule has 8 heteroatoms. The molecule has 2 atom stereocenters. The molecular weight excluding hydrogens is 278 g/mol. The van der Waals surface area contributed by atoms with E-state index in [0.717, 1.165) is 0 Å². The number of phosphoric acid groups is 1. The second kappa shape index (κ2) is 4.73. The zero-order chi connectivity index (χ0) is 12.6. The van der Waals surface area contributed by atoms with Crippen LogP contribution in [0.5, 0.6) is 0 Å². The summed E-state index contributed by atoms with van der Waals surface area (Å²) < 4.78 is 19.2. The Morgan fingerprint density at radius 3 is 2.31 bits per heavy atom. The van der Waals surface area contributed by atoms with Crippen molar-refractivity contribution in [3.05, 3.63) is 0 Å². The Kier molecular flexibility index (Phi) is 4.35. The fourth-order valence-electron chi connectivity index (χ4n) is 1.38. The lowest BCUT2D eigenvalue weighted by atomic mass is 10.1. The second-order valence-electron chi connectivity index (χ2n) is 4.14. The van der Waals surface area contributed by atoms with Gasteiger partial charge >= 0.3 is 7.82 Å². The maximum absolute atomic E-state index is 11.2. The normalized spacial score (nSPS) is 29.8. The minimum absolute atomic E-state index is 0.0547. The molecular formula is C8H15Cl2O5P. The average Bonchev–Trinajstić information content (AvgIpc) is 2.52. The summed E-state index contributed by atoms with van der Waals surface area (Å²) in [6.07, 6.45) is 0. The van der Waals surface area contributed by atoms with Crippen molar-refractivity contribution >= 4 is 31.0 Å². The van der Waals surface area contributed by atoms with E-state index in [9.17, 15) is 4.57 Å². The Bertz CT molecular complexity index is 293. The predicted octanol–water partition coefficient (Wildman–Crippen LogP) is 2.90. The fourth-order valence-corrected chi connectivity index (χ4v) is 2.82. The molecule has 0 aromatic heterocycles. The van der Waals surface area contributed by atoms with Crippen LogP contribution in [0.1, 0.15) is 20.8 Å². The van der Waals surface area contributed by atoms with Crippen molar-refractivity contribution in [1.29, 1.82) is 0 Å². The first-order valence-corrected chi connectivity index (χ1v) is 7.06. The quantitative estimate of drug-likeness (QED) is 0.353. The number of rotatable bonds is 6. The SMILES string of the molecule is CCOOP(=O)(O)OCC1C(C)(C)C1(Cl)Cl. The molecule has 16 heavy (non-hydrogen) atoms. The zero-order valence-corrected chi connectivity index (χ0v) is 11.7. The van der Waals surface area contributed by atoms with Crippen LogP contribution in [-0.2, 0) is 18.7 Å². The molecule has 1 rings (SSSR count). The number of hydrogen-bond donors (Lipinski definition) is 1. The summed E-state index contributed by atoms with van der Waals surface area (Å²) in [6.45, 7) is 5.42. The molecule has 1 fully saturated rings. The van der Waals surface area contributed by atoms with E-state index in [1.807, 2.05) is 13.8 Å². The maximum Gasteiger partial charge on any atom is 0.499 e. The van der Waals surface area contributed by atoms with E-state index in [1.54, 1.807) is 6.92 Å². The van der Waals surface area contributed by atoms with Crippen molar-refractivity contribution in [1.82, 2.24) is 0 Å². The van der Waals surface area contributed by atoms with Crippen LogP contribution in [0.25, 0.3) is 0 Å². The molecule has 0 heterocycles. The Hall–Kier alpha value is 0.650. The van der Waals surface area contributed by atoms with Crippen LogP contribution < -0.4 is 0 Å². The predicted molar refractivity (Wildman–Crippen MR) is 60.2 cm³/mol. The van der Waals surface area contributed by atoms with Gasteiger partial charge in [0.1, 0.15) is 4.33 Å². The van der Waals surface area contributed by atoms with Crippen LogP contribution in [0.15, 0.2) is 0 Å². The van der Waals surface area contributed by atoms with Gasteiger partial charge in [-0.05, 0) is 6.92 Å². The molecule has 0 bridgehead atoms. The van der Waals surface area contributed by atoms with Crippen LogP contribution >= 0.6 is 31.0 Å². The molecule has 2 unspecified atom stereocenters. The van der Waals surface area contributed by atoms with Crippen molar-refractivity contribution in [3.63, 3.8) is 0 Å². The van der Waals surface area contributed by atoms with Gasteiger partial charge in [0.2, 0.25) is 0 Å². The molecule has 0 amide bonds. The third-order valence-corrected chi connectivity index (χ3v) is 5.02. The minimum atomic E-state index is -4.18. The first-order chi connectivity index (χ1) is 7.15. The van der Waals surface area contributed by atoms with Gasteiger partial charge in [-0.2, -0.15) is 0 Å². The van der Waals surface area contributed by atoms with Gasteiger partial charge < -0.3 is 4.89 Å². The van der Waals surface area contributed by atoms with Crippen LogP contribution in [-0.4, -0.2) is 22.4 Å². The van der Waals surface area contributed by atoms with Gasteiger partial charge in [0.15, 0.2) is 0 Å². The molecule has 0 spiro atoms. The standard InChI is InChI=1S/C8H15Cl2O5P/c1-4-13-15-16(11,12)14-5-6-7(2,3)8(6,9)10/h6H,4-5H2,1-3H3,(H,11,12). The molecule has 5 nitrogen and oxygen atoms in total. The molecule has 0 saturated heterocycles. The second-order valence-corrected chi connectivity index (χ2v) is 6.87. The molecule has 1 aliphatic rings. The third kappa shape index (κ3) is 2.91. The molecule has 0 aromatic carbocycles. The first-order valence-electron chi connectivity index (χ1n) is 4.81. The topological polar surface area (TPSA) is 65.0 Å².